The van der Waals surface area contributed by atoms with E-state index in [0.717, 1.165) is 0 Å². The lowest BCUT2D eigenvalue weighted by Gasteiger charge is -2.15. The number of rotatable bonds is 3. The highest BCUT2D eigenvalue weighted by Gasteiger charge is 2.24. The van der Waals surface area contributed by atoms with Crippen LogP contribution < -0.4 is 5.32 Å². The van der Waals surface area contributed by atoms with E-state index >= 15 is 0 Å². The van der Waals surface area contributed by atoms with Crippen LogP contribution in [0.3, 0.4) is 0 Å². The maximum absolute atomic E-state index is 12.8. The minimum absolute atomic E-state index is 0.159. The summed E-state index contributed by atoms with van der Waals surface area (Å²) in [5.41, 5.74) is 1.15. The zero-order valence-corrected chi connectivity index (χ0v) is 11.3. The molecule has 0 atom stereocenters. The van der Waals surface area contributed by atoms with Gasteiger partial charge in [0.1, 0.15) is 17.2 Å². The zero-order valence-electron chi connectivity index (χ0n) is 11.3. The number of halogens is 1. The smallest absolute Gasteiger partial charge is 0.276 e. The number of amides is 2. The summed E-state index contributed by atoms with van der Waals surface area (Å²) in [4.78, 5) is 27.5. The van der Waals surface area contributed by atoms with E-state index in [9.17, 15) is 14.0 Å². The monoisotopic (exact) mass is 274 g/mol. The molecule has 4 nitrogen and oxygen atoms in total. The van der Waals surface area contributed by atoms with Crippen LogP contribution in [0.5, 0.6) is 0 Å². The molecule has 2 amide bonds. The molecule has 0 saturated heterocycles. The van der Waals surface area contributed by atoms with Crippen molar-refractivity contribution in [1.82, 2.24) is 5.32 Å². The molecule has 0 radical (unpaired) electrons. The number of aliphatic imine (C=N–C) groups is 1. The Morgan fingerprint density at radius 2 is 1.85 bits per heavy atom. The zero-order chi connectivity index (χ0) is 14.7. The Morgan fingerprint density at radius 3 is 2.45 bits per heavy atom. The number of nitrogens with one attached hydrogen (secondary N) is 1. The summed E-state index contributed by atoms with van der Waals surface area (Å²) in [6, 6.07) is 5.70. The first kappa shape index (κ1) is 14.1. The van der Waals surface area contributed by atoms with Crippen molar-refractivity contribution in [3.05, 3.63) is 41.3 Å². The SMILES string of the molecule is CC(C)CC1=N/C(=C\c2ccc(F)cc2)C(=O)NC1=O. The number of hydrogen-bond donors (Lipinski definition) is 1. The van der Waals surface area contributed by atoms with Crippen LogP contribution in [-0.2, 0) is 9.59 Å². The number of carbonyl (C=O) groups is 2. The molecule has 1 aromatic carbocycles. The molecule has 104 valence electrons. The molecule has 1 heterocycles. The average Bonchev–Trinajstić information content (AvgIpc) is 2.37. The summed E-state index contributed by atoms with van der Waals surface area (Å²) >= 11 is 0. The van der Waals surface area contributed by atoms with Crippen LogP contribution in [0.1, 0.15) is 25.8 Å². The molecule has 0 aromatic heterocycles. The van der Waals surface area contributed by atoms with Gasteiger partial charge in [-0.3, -0.25) is 14.9 Å². The van der Waals surface area contributed by atoms with Gasteiger partial charge in [-0.1, -0.05) is 26.0 Å². The second-order valence-electron chi connectivity index (χ2n) is 5.02. The molecule has 1 N–H and O–H groups in total. The Hall–Kier alpha value is -2.30. The quantitative estimate of drug-likeness (QED) is 0.679. The molecule has 0 spiro atoms. The largest absolute Gasteiger partial charge is 0.286 e. The topological polar surface area (TPSA) is 58.5 Å². The Bertz CT molecular complexity index is 601. The van der Waals surface area contributed by atoms with Gasteiger partial charge in [0.25, 0.3) is 11.8 Å². The van der Waals surface area contributed by atoms with Crippen LogP contribution in [-0.4, -0.2) is 17.5 Å². The fraction of sp³-hybridized carbons (Fsp3) is 0.267. The summed E-state index contributed by atoms with van der Waals surface area (Å²) in [7, 11) is 0. The van der Waals surface area contributed by atoms with Crippen LogP contribution in [0.25, 0.3) is 6.08 Å². The Kier molecular flexibility index (Phi) is 4.08. The number of hydrogen-bond acceptors (Lipinski definition) is 3. The van der Waals surface area contributed by atoms with Gasteiger partial charge in [0.05, 0.1) is 0 Å². The fourth-order valence-corrected chi connectivity index (χ4v) is 1.83. The van der Waals surface area contributed by atoms with Gasteiger partial charge in [-0.2, -0.15) is 0 Å². The predicted octanol–water partition coefficient (Wildman–Crippen LogP) is 2.31. The van der Waals surface area contributed by atoms with E-state index in [1.165, 1.54) is 18.2 Å². The van der Waals surface area contributed by atoms with Crippen LogP contribution in [0.2, 0.25) is 0 Å². The summed E-state index contributed by atoms with van der Waals surface area (Å²) in [6.07, 6.45) is 2.03. The summed E-state index contributed by atoms with van der Waals surface area (Å²) in [6.45, 7) is 3.94. The van der Waals surface area contributed by atoms with Crippen molar-refractivity contribution in [1.29, 1.82) is 0 Å². The molecule has 0 saturated carbocycles. The maximum atomic E-state index is 12.8. The molecule has 1 aromatic rings. The molecule has 5 heteroatoms. The normalized spacial score (nSPS) is 17.4. The van der Waals surface area contributed by atoms with Crippen molar-refractivity contribution in [3.8, 4) is 0 Å². The minimum Gasteiger partial charge on any atom is -0.286 e. The van der Waals surface area contributed by atoms with Gasteiger partial charge in [0.15, 0.2) is 0 Å². The number of nitrogens with zero attached hydrogens (tertiary/aromatic N) is 1. The summed E-state index contributed by atoms with van der Waals surface area (Å²) in [5.74, 6) is -1.06. The standard InChI is InChI=1S/C15H15FN2O2/c1-9(2)7-12-14(19)18-15(20)13(17-12)8-10-3-5-11(16)6-4-10/h3-6,8-9H,7H2,1-2H3,(H,18,19,20)/b13-8-. The van der Waals surface area contributed by atoms with Gasteiger partial charge in [0.2, 0.25) is 0 Å². The molecule has 0 bridgehead atoms. The predicted molar refractivity (Wildman–Crippen MR) is 74.4 cm³/mol. The van der Waals surface area contributed by atoms with Crippen molar-refractivity contribution in [3.63, 3.8) is 0 Å². The molecule has 20 heavy (non-hydrogen) atoms. The van der Waals surface area contributed by atoms with E-state index in [-0.39, 0.29) is 17.4 Å². The number of benzene rings is 1. The molecule has 1 aliphatic rings. The first-order chi connectivity index (χ1) is 9.45. The van der Waals surface area contributed by atoms with Gasteiger partial charge in [-0.15, -0.1) is 0 Å². The molecular formula is C15H15FN2O2. The summed E-state index contributed by atoms with van der Waals surface area (Å²) < 4.78 is 12.8. The minimum atomic E-state index is -0.535. The maximum Gasteiger partial charge on any atom is 0.276 e. The molecule has 1 aliphatic heterocycles. The highest BCUT2D eigenvalue weighted by molar-refractivity contribution is 6.44. The Labute approximate surface area is 116 Å². The van der Waals surface area contributed by atoms with Crippen molar-refractivity contribution in [2.24, 2.45) is 10.9 Å². The van der Waals surface area contributed by atoms with E-state index in [0.29, 0.717) is 17.7 Å². The lowest BCUT2D eigenvalue weighted by Crippen LogP contribution is -2.41. The molecule has 0 aliphatic carbocycles. The van der Waals surface area contributed by atoms with E-state index < -0.39 is 11.8 Å². The van der Waals surface area contributed by atoms with Gasteiger partial charge in [0, 0.05) is 0 Å². The molecule has 0 fully saturated rings. The van der Waals surface area contributed by atoms with E-state index in [4.69, 9.17) is 0 Å². The van der Waals surface area contributed by atoms with E-state index in [1.807, 2.05) is 13.8 Å². The molecule has 2 rings (SSSR count). The van der Waals surface area contributed by atoms with Crippen LogP contribution in [0.15, 0.2) is 35.0 Å². The molecule has 0 unspecified atom stereocenters. The molecular weight excluding hydrogens is 259 g/mol. The van der Waals surface area contributed by atoms with Crippen molar-refractivity contribution in [2.75, 3.05) is 0 Å². The lowest BCUT2D eigenvalue weighted by atomic mass is 10.0. The van der Waals surface area contributed by atoms with Crippen LogP contribution in [0.4, 0.5) is 4.39 Å². The first-order valence-corrected chi connectivity index (χ1v) is 6.36. The highest BCUT2D eigenvalue weighted by atomic mass is 19.1. The van der Waals surface area contributed by atoms with E-state index in [1.54, 1.807) is 12.1 Å². The van der Waals surface area contributed by atoms with Crippen LogP contribution >= 0.6 is 0 Å². The van der Waals surface area contributed by atoms with Gasteiger partial charge in [-0.05, 0) is 36.1 Å². The Balaban J connectivity index is 2.33. The third kappa shape index (κ3) is 3.38. The van der Waals surface area contributed by atoms with E-state index in [2.05, 4.69) is 10.3 Å². The lowest BCUT2D eigenvalue weighted by molar-refractivity contribution is -0.125. The second kappa shape index (κ2) is 5.77. The van der Waals surface area contributed by atoms with Crippen molar-refractivity contribution in [2.45, 2.75) is 20.3 Å². The van der Waals surface area contributed by atoms with Crippen LogP contribution in [0, 0.1) is 11.7 Å². The fourth-order valence-electron chi connectivity index (χ4n) is 1.83. The van der Waals surface area contributed by atoms with Crippen molar-refractivity contribution >= 4 is 23.6 Å². The van der Waals surface area contributed by atoms with Gasteiger partial charge < -0.3 is 0 Å². The Morgan fingerprint density at radius 1 is 1.20 bits per heavy atom. The van der Waals surface area contributed by atoms with Crippen molar-refractivity contribution < 1.29 is 14.0 Å². The third-order valence-corrected chi connectivity index (χ3v) is 2.75. The highest BCUT2D eigenvalue weighted by Crippen LogP contribution is 2.14. The number of carbonyl (C=O) groups excluding carboxylic acids is 2. The number of imide groups is 1. The van der Waals surface area contributed by atoms with Gasteiger partial charge in [-0.25, -0.2) is 9.38 Å². The summed E-state index contributed by atoms with van der Waals surface area (Å²) in [5, 5.41) is 2.27. The van der Waals surface area contributed by atoms with Gasteiger partial charge >= 0.3 is 0 Å². The third-order valence-electron chi connectivity index (χ3n) is 2.75. The average molecular weight is 274 g/mol. The second-order valence-corrected chi connectivity index (χ2v) is 5.02. The first-order valence-electron chi connectivity index (χ1n) is 6.36.